The lowest BCUT2D eigenvalue weighted by Gasteiger charge is -2.21. The first-order valence-electron chi connectivity index (χ1n) is 5.71. The van der Waals surface area contributed by atoms with Gasteiger partial charge in [-0.2, -0.15) is 7.05 Å². The van der Waals surface area contributed by atoms with Gasteiger partial charge in [0.15, 0.2) is 0 Å². The number of rotatable bonds is 6. The van der Waals surface area contributed by atoms with E-state index in [4.69, 9.17) is 0 Å². The van der Waals surface area contributed by atoms with Crippen LogP contribution in [0.5, 0.6) is 0 Å². The van der Waals surface area contributed by atoms with Crippen molar-refractivity contribution >= 4 is 5.69 Å². The van der Waals surface area contributed by atoms with Crippen molar-refractivity contribution in [2.75, 3.05) is 31.6 Å². The van der Waals surface area contributed by atoms with Crippen LogP contribution in [0.1, 0.15) is 19.4 Å². The van der Waals surface area contributed by atoms with E-state index in [1.165, 1.54) is 11.3 Å². The molecule has 2 heteroatoms. The van der Waals surface area contributed by atoms with E-state index in [-0.39, 0.29) is 0 Å². The highest BCUT2D eigenvalue weighted by atomic mass is 15.1. The predicted molar refractivity (Wildman–Crippen MR) is 67.9 cm³/mol. The lowest BCUT2D eigenvalue weighted by Crippen LogP contribution is -2.21. The molecular formula is C13H21N2-. The lowest BCUT2D eigenvalue weighted by atomic mass is 10.1. The van der Waals surface area contributed by atoms with Gasteiger partial charge in [0, 0.05) is 18.8 Å². The van der Waals surface area contributed by atoms with E-state index >= 15 is 0 Å². The zero-order valence-corrected chi connectivity index (χ0v) is 10.0. The third-order valence-electron chi connectivity index (χ3n) is 2.69. The summed E-state index contributed by atoms with van der Waals surface area (Å²) in [6.45, 7) is 7.44. The molecule has 1 aromatic rings. The number of likely N-dealkylation sites (N-methyl/N-ethyl adjacent to an activating group) is 1. The highest BCUT2D eigenvalue weighted by molar-refractivity contribution is 5.47. The average molecular weight is 205 g/mol. The normalized spacial score (nSPS) is 10.3. The largest absolute Gasteiger partial charge is 0.665 e. The molecule has 0 fully saturated rings. The van der Waals surface area contributed by atoms with Crippen LogP contribution >= 0.6 is 0 Å². The summed E-state index contributed by atoms with van der Waals surface area (Å²) >= 11 is 0. The molecule has 0 saturated carbocycles. The second-order valence-corrected chi connectivity index (χ2v) is 3.63. The molecule has 2 nitrogen and oxygen atoms in total. The van der Waals surface area contributed by atoms with Crippen LogP contribution in [0.15, 0.2) is 24.3 Å². The van der Waals surface area contributed by atoms with Crippen LogP contribution in [-0.2, 0) is 6.42 Å². The van der Waals surface area contributed by atoms with E-state index < -0.39 is 0 Å². The Kier molecular flexibility index (Phi) is 5.19. The molecule has 0 amide bonds. The first kappa shape index (κ1) is 12.1. The van der Waals surface area contributed by atoms with Gasteiger partial charge < -0.3 is 10.2 Å². The first-order valence-corrected chi connectivity index (χ1v) is 5.71. The standard InChI is InChI=1S/C13H21N2/c1-4-15(5-2)13-8-6-12(7-9-13)10-11-14-3/h6-9H,4-5,10-11H2,1-3H3/q-1. The van der Waals surface area contributed by atoms with Crippen molar-refractivity contribution in [3.05, 3.63) is 35.1 Å². The van der Waals surface area contributed by atoms with Gasteiger partial charge in [-0.05, 0) is 38.0 Å². The van der Waals surface area contributed by atoms with E-state index in [2.05, 4.69) is 48.3 Å². The molecule has 15 heavy (non-hydrogen) atoms. The molecule has 0 aliphatic carbocycles. The highest BCUT2D eigenvalue weighted by Gasteiger charge is 2.00. The molecule has 0 aliphatic rings. The summed E-state index contributed by atoms with van der Waals surface area (Å²) in [7, 11) is 1.87. The van der Waals surface area contributed by atoms with E-state index in [1.807, 2.05) is 7.05 Å². The topological polar surface area (TPSA) is 17.3 Å². The molecule has 84 valence electrons. The number of hydrogen-bond acceptors (Lipinski definition) is 1. The zero-order valence-electron chi connectivity index (χ0n) is 10.0. The van der Waals surface area contributed by atoms with Gasteiger partial charge in [-0.25, -0.2) is 0 Å². The lowest BCUT2D eigenvalue weighted by molar-refractivity contribution is 0.865. The predicted octanol–water partition coefficient (Wildman–Crippen LogP) is 3.08. The van der Waals surface area contributed by atoms with Crippen LogP contribution in [0.2, 0.25) is 0 Å². The quantitative estimate of drug-likeness (QED) is 0.697. The van der Waals surface area contributed by atoms with E-state index in [9.17, 15) is 0 Å². The summed E-state index contributed by atoms with van der Waals surface area (Å²) < 4.78 is 0. The highest BCUT2D eigenvalue weighted by Crippen LogP contribution is 2.15. The molecule has 0 unspecified atom stereocenters. The minimum absolute atomic E-state index is 0.921. The van der Waals surface area contributed by atoms with Gasteiger partial charge in [0.1, 0.15) is 0 Å². The Morgan fingerprint density at radius 3 is 2.13 bits per heavy atom. The van der Waals surface area contributed by atoms with Crippen LogP contribution in [0.4, 0.5) is 5.69 Å². The maximum atomic E-state index is 4.11. The molecule has 0 bridgehead atoms. The molecule has 1 rings (SSSR count). The van der Waals surface area contributed by atoms with Crippen LogP contribution in [-0.4, -0.2) is 26.7 Å². The van der Waals surface area contributed by atoms with Crippen LogP contribution in [0.3, 0.4) is 0 Å². The van der Waals surface area contributed by atoms with Crippen LogP contribution in [0, 0.1) is 0 Å². The van der Waals surface area contributed by atoms with Gasteiger partial charge in [-0.1, -0.05) is 12.1 Å². The third-order valence-corrected chi connectivity index (χ3v) is 2.69. The monoisotopic (exact) mass is 205 g/mol. The number of benzene rings is 1. The van der Waals surface area contributed by atoms with Crippen LogP contribution in [0.25, 0.3) is 5.32 Å². The maximum absolute atomic E-state index is 4.11. The fourth-order valence-corrected chi connectivity index (χ4v) is 1.70. The summed E-state index contributed by atoms with van der Waals surface area (Å²) in [5, 5.41) is 4.11. The summed E-state index contributed by atoms with van der Waals surface area (Å²) in [6.07, 6.45) is 1.05. The van der Waals surface area contributed by atoms with Gasteiger partial charge in [0.05, 0.1) is 0 Å². The SMILES string of the molecule is CCN(CC)c1ccc(CC[N-]C)cc1. The van der Waals surface area contributed by atoms with Crippen LogP contribution < -0.4 is 4.90 Å². The molecular weight excluding hydrogens is 184 g/mol. The third kappa shape index (κ3) is 3.56. The molecule has 0 radical (unpaired) electrons. The van der Waals surface area contributed by atoms with Gasteiger partial charge >= 0.3 is 0 Å². The van der Waals surface area contributed by atoms with Gasteiger partial charge in [-0.3, -0.25) is 0 Å². The minimum atomic E-state index is 0.921. The number of nitrogens with zero attached hydrogens (tertiary/aromatic N) is 2. The molecule has 0 atom stereocenters. The van der Waals surface area contributed by atoms with E-state index in [0.29, 0.717) is 0 Å². The van der Waals surface area contributed by atoms with Crippen molar-refractivity contribution < 1.29 is 0 Å². The molecule has 0 N–H and O–H groups in total. The summed E-state index contributed by atoms with van der Waals surface area (Å²) in [5.41, 5.74) is 2.69. The van der Waals surface area contributed by atoms with Gasteiger partial charge in [-0.15, -0.1) is 6.54 Å². The fourth-order valence-electron chi connectivity index (χ4n) is 1.70. The van der Waals surface area contributed by atoms with Crippen molar-refractivity contribution in [2.45, 2.75) is 20.3 Å². The summed E-state index contributed by atoms with van der Waals surface area (Å²) in [6, 6.07) is 8.83. The van der Waals surface area contributed by atoms with E-state index in [1.54, 1.807) is 0 Å². The summed E-state index contributed by atoms with van der Waals surface area (Å²) in [4.78, 5) is 2.36. The molecule has 0 heterocycles. The number of anilines is 1. The smallest absolute Gasteiger partial charge is 0.0366 e. The zero-order chi connectivity index (χ0) is 11.1. The van der Waals surface area contributed by atoms with Gasteiger partial charge in [0.2, 0.25) is 0 Å². The Morgan fingerprint density at radius 2 is 1.67 bits per heavy atom. The second-order valence-electron chi connectivity index (χ2n) is 3.63. The molecule has 0 spiro atoms. The Labute approximate surface area is 93.3 Å². The molecule has 0 aliphatic heterocycles. The average Bonchev–Trinajstić information content (AvgIpc) is 2.29. The van der Waals surface area contributed by atoms with Crippen molar-refractivity contribution in [1.82, 2.24) is 0 Å². The summed E-state index contributed by atoms with van der Waals surface area (Å²) in [5.74, 6) is 0. The second kappa shape index (κ2) is 6.46. The van der Waals surface area contributed by atoms with E-state index in [0.717, 1.165) is 26.1 Å². The number of hydrogen-bond donors (Lipinski definition) is 0. The minimum Gasteiger partial charge on any atom is -0.665 e. The molecule has 1 aromatic carbocycles. The Hall–Kier alpha value is -1.02. The maximum Gasteiger partial charge on any atom is 0.0366 e. The Bertz CT molecular complexity index is 262. The Morgan fingerprint density at radius 1 is 1.07 bits per heavy atom. The molecule has 0 aromatic heterocycles. The fraction of sp³-hybridized carbons (Fsp3) is 0.538. The van der Waals surface area contributed by atoms with Crippen molar-refractivity contribution in [3.8, 4) is 0 Å². The van der Waals surface area contributed by atoms with Gasteiger partial charge in [0.25, 0.3) is 0 Å². The van der Waals surface area contributed by atoms with Crippen molar-refractivity contribution in [3.63, 3.8) is 0 Å². The Balaban J connectivity index is 2.62. The molecule has 0 saturated heterocycles. The van der Waals surface area contributed by atoms with Crippen molar-refractivity contribution in [2.24, 2.45) is 0 Å². The van der Waals surface area contributed by atoms with Crippen molar-refractivity contribution in [1.29, 1.82) is 0 Å². The first-order chi connectivity index (χ1) is 7.31.